The highest BCUT2D eigenvalue weighted by atomic mass is 19.1. The van der Waals surface area contributed by atoms with E-state index in [4.69, 9.17) is 9.15 Å². The molecule has 4 heterocycles. The zero-order valence-electron chi connectivity index (χ0n) is 25.4. The summed E-state index contributed by atoms with van der Waals surface area (Å²) in [7, 11) is 2.91. The Morgan fingerprint density at radius 3 is 2.36 bits per heavy atom. The fraction of sp³-hybridized carbons (Fsp3) is 0.375. The summed E-state index contributed by atoms with van der Waals surface area (Å²) in [4.78, 5) is 37.0. The third-order valence-corrected chi connectivity index (χ3v) is 7.68. The highest BCUT2D eigenvalue weighted by Gasteiger charge is 2.42. The Kier molecular flexibility index (Phi) is 11.5. The van der Waals surface area contributed by atoms with Gasteiger partial charge in [0.1, 0.15) is 5.82 Å². The van der Waals surface area contributed by atoms with Gasteiger partial charge in [-0.3, -0.25) is 18.9 Å². The van der Waals surface area contributed by atoms with Crippen LogP contribution in [0.2, 0.25) is 0 Å². The molecular formula is C32H39FN5O6+. The van der Waals surface area contributed by atoms with Crippen LogP contribution in [0.1, 0.15) is 41.2 Å². The molecule has 234 valence electrons. The van der Waals surface area contributed by atoms with E-state index in [0.29, 0.717) is 54.9 Å². The van der Waals surface area contributed by atoms with Crippen molar-refractivity contribution in [3.8, 4) is 5.95 Å². The van der Waals surface area contributed by atoms with Crippen LogP contribution in [0.25, 0.3) is 10.8 Å². The Labute approximate surface area is 255 Å². The third-order valence-electron chi connectivity index (χ3n) is 7.68. The molecule has 12 heteroatoms. The largest absolute Gasteiger partial charge is 0.517 e. The molecule has 1 amide bonds. The van der Waals surface area contributed by atoms with E-state index in [2.05, 4.69) is 30.9 Å². The first-order chi connectivity index (χ1) is 21.4. The molecule has 0 radical (unpaired) electrons. The van der Waals surface area contributed by atoms with Crippen LogP contribution in [0, 0.1) is 17.7 Å². The van der Waals surface area contributed by atoms with E-state index >= 15 is 0 Å². The predicted molar refractivity (Wildman–Crippen MR) is 163 cm³/mol. The molecule has 0 aliphatic carbocycles. The molecule has 11 nitrogen and oxygen atoms in total. The molecule has 2 saturated heterocycles. The number of methoxy groups -OCH3 is 1. The topological polar surface area (TPSA) is 134 Å². The molecule has 2 aromatic heterocycles. The smallest absolute Gasteiger partial charge is 0.338 e. The fourth-order valence-corrected chi connectivity index (χ4v) is 5.75. The molecule has 0 bridgehead atoms. The molecule has 3 N–H and O–H groups in total. The van der Waals surface area contributed by atoms with E-state index in [-0.39, 0.29) is 17.0 Å². The van der Waals surface area contributed by atoms with E-state index in [1.165, 1.54) is 13.2 Å². The number of aromatic amines is 1. The number of ether oxygens (including phenoxy) is 1. The number of aromatic nitrogens is 2. The number of nitrogens with two attached hydrogens (primary N) is 1. The van der Waals surface area contributed by atoms with Crippen LogP contribution in [0.3, 0.4) is 0 Å². The van der Waals surface area contributed by atoms with Gasteiger partial charge in [-0.15, -0.1) is 4.99 Å². The number of halogens is 1. The Hall–Kier alpha value is -4.23. The lowest BCUT2D eigenvalue weighted by molar-refractivity contribution is -0.277. The molecular weight excluding hydrogens is 569 g/mol. The van der Waals surface area contributed by atoms with Crippen LogP contribution in [-0.4, -0.2) is 66.3 Å². The maximum atomic E-state index is 14.8. The van der Waals surface area contributed by atoms with Gasteiger partial charge in [0.2, 0.25) is 5.76 Å². The zero-order chi connectivity index (χ0) is 31.6. The molecule has 0 saturated carbocycles. The van der Waals surface area contributed by atoms with Crippen LogP contribution in [0.15, 0.2) is 69.9 Å². The van der Waals surface area contributed by atoms with Crippen molar-refractivity contribution < 1.29 is 28.2 Å². The maximum absolute atomic E-state index is 14.8. The number of hydrogen-bond donors (Lipinski definition) is 2. The van der Waals surface area contributed by atoms with Crippen molar-refractivity contribution in [1.82, 2.24) is 20.0 Å². The number of benzene rings is 2. The van der Waals surface area contributed by atoms with Crippen molar-refractivity contribution in [2.45, 2.75) is 26.8 Å². The number of rotatable bonds is 7. The van der Waals surface area contributed by atoms with Gasteiger partial charge < -0.3 is 9.64 Å². The van der Waals surface area contributed by atoms with Gasteiger partial charge in [0.05, 0.1) is 36.4 Å². The van der Waals surface area contributed by atoms with E-state index in [0.717, 1.165) is 29.8 Å². The standard InChI is InChI=1S/C29H27FN4O4.C2H6.CH5NO2/c1-37-27-8-4-5-21(38-27)17-33-13-19-15-34(16-20(19)14-33)29(36)24-11-18(9-10-25(24)30)12-26-22-6-2-3-7-23(22)28(35)32-31-26;1-2;1-3-4-2/h2-11,19-20H,12-17H2,1H3;1-2H3;2H2,1H3/p+1. The molecule has 4 aromatic rings. The van der Waals surface area contributed by atoms with Crippen molar-refractivity contribution in [3.05, 3.63) is 99.4 Å². The van der Waals surface area contributed by atoms with E-state index in [1.54, 1.807) is 42.3 Å². The van der Waals surface area contributed by atoms with Crippen LogP contribution >= 0.6 is 0 Å². The number of likely N-dealkylation sites (tertiary alicyclic amines) is 2. The van der Waals surface area contributed by atoms with Gasteiger partial charge in [-0.25, -0.2) is 14.4 Å². The quantitative estimate of drug-likeness (QED) is 0.180. The summed E-state index contributed by atoms with van der Waals surface area (Å²) in [6.07, 6.45) is 0.368. The van der Waals surface area contributed by atoms with Gasteiger partial charge in [0, 0.05) is 44.1 Å². The monoisotopic (exact) mass is 608 g/mol. The number of carbonyl (C=O) groups excluding carboxylic acids is 1. The van der Waals surface area contributed by atoms with Gasteiger partial charge in [-0.2, -0.15) is 11.0 Å². The van der Waals surface area contributed by atoms with Crippen molar-refractivity contribution >= 4 is 16.7 Å². The highest BCUT2D eigenvalue weighted by molar-refractivity contribution is 5.95. The number of nitrogens with one attached hydrogen (secondary N) is 1. The minimum Gasteiger partial charge on any atom is -0.338 e. The maximum Gasteiger partial charge on any atom is 0.517 e. The first kappa shape index (κ1) is 32.7. The summed E-state index contributed by atoms with van der Waals surface area (Å²) in [6.45, 7) is 7.60. The van der Waals surface area contributed by atoms with Crippen LogP contribution in [0.5, 0.6) is 5.95 Å². The second-order valence-corrected chi connectivity index (χ2v) is 10.3. The molecule has 2 fully saturated rings. The van der Waals surface area contributed by atoms with Crippen LogP contribution in [-0.2, 0) is 22.8 Å². The summed E-state index contributed by atoms with van der Waals surface area (Å²) < 4.78 is 25.7. The Balaban J connectivity index is 0.000000683. The highest BCUT2D eigenvalue weighted by Crippen LogP contribution is 2.33. The van der Waals surface area contributed by atoms with Gasteiger partial charge in [0.25, 0.3) is 11.5 Å². The normalized spacial score (nSPS) is 17.4. The number of nitrogens with zero attached hydrogens (tertiary/aromatic N) is 3. The lowest BCUT2D eigenvalue weighted by Crippen LogP contribution is -2.33. The molecule has 44 heavy (non-hydrogen) atoms. The second-order valence-electron chi connectivity index (χ2n) is 10.3. The predicted octanol–water partition coefficient (Wildman–Crippen LogP) is 4.20. The van der Waals surface area contributed by atoms with Crippen molar-refractivity contribution in [2.24, 2.45) is 17.7 Å². The summed E-state index contributed by atoms with van der Waals surface area (Å²) in [6, 6.07) is 17.5. The first-order valence-corrected chi connectivity index (χ1v) is 14.5. The summed E-state index contributed by atoms with van der Waals surface area (Å²) in [5, 5.41) is 8.04. The van der Waals surface area contributed by atoms with E-state index < -0.39 is 5.82 Å². The van der Waals surface area contributed by atoms with Crippen LogP contribution in [0.4, 0.5) is 4.39 Å². The Morgan fingerprint density at radius 2 is 1.70 bits per heavy atom. The van der Waals surface area contributed by atoms with Gasteiger partial charge in [-0.1, -0.05) is 38.1 Å². The average molecular weight is 609 g/mol. The minimum absolute atomic E-state index is 0.0724. The first-order valence-electron chi connectivity index (χ1n) is 14.5. The zero-order valence-corrected chi connectivity index (χ0v) is 25.4. The number of H-pyrrole nitrogens is 1. The average Bonchev–Trinajstić information content (AvgIpc) is 3.63. The van der Waals surface area contributed by atoms with E-state index in [1.807, 2.05) is 38.1 Å². The SMILES string of the molecule is CC.COON.COc1cccc(CN2CC3CN(C(=O)c4cc(Cc5n[nH]c(=O)c6ccccc56)ccc4F)CC3C2)[o+]1. The number of hydrogen-bond acceptors (Lipinski definition) is 8. The van der Waals surface area contributed by atoms with Gasteiger partial charge in [-0.05, 0) is 41.7 Å². The molecule has 6 rings (SSSR count). The van der Waals surface area contributed by atoms with E-state index in [9.17, 15) is 14.0 Å². The minimum atomic E-state index is -0.531. The molecule has 2 unspecified atom stereocenters. The Bertz CT molecular complexity index is 1600. The summed E-state index contributed by atoms with van der Waals surface area (Å²) in [5.41, 5.74) is 1.24. The number of fused-ring (bicyclic) bond motifs is 2. The van der Waals surface area contributed by atoms with Gasteiger partial charge >= 0.3 is 5.95 Å². The van der Waals surface area contributed by atoms with Crippen LogP contribution < -0.4 is 16.2 Å². The van der Waals surface area contributed by atoms with Gasteiger partial charge in [0.15, 0.2) is 7.11 Å². The third kappa shape index (κ3) is 7.64. The number of amides is 1. The Morgan fingerprint density at radius 1 is 1.02 bits per heavy atom. The lowest BCUT2D eigenvalue weighted by Gasteiger charge is -2.21. The molecule has 2 aromatic carbocycles. The lowest BCUT2D eigenvalue weighted by atomic mass is 10.0. The fourth-order valence-electron chi connectivity index (χ4n) is 5.75. The van der Waals surface area contributed by atoms with Crippen molar-refractivity contribution in [1.29, 1.82) is 0 Å². The summed E-state index contributed by atoms with van der Waals surface area (Å²) in [5.74, 6) is 5.48. The van der Waals surface area contributed by atoms with Crippen molar-refractivity contribution in [2.75, 3.05) is 40.4 Å². The molecule has 0 spiro atoms. The summed E-state index contributed by atoms with van der Waals surface area (Å²) >= 11 is 0. The molecule has 2 aliphatic rings. The molecule has 2 atom stereocenters. The van der Waals surface area contributed by atoms with Crippen molar-refractivity contribution in [3.63, 3.8) is 0 Å². The number of carbonyl (C=O) groups is 1. The second kappa shape index (κ2) is 15.5. The molecule has 2 aliphatic heterocycles.